The van der Waals surface area contributed by atoms with Gasteiger partial charge in [0, 0.05) is 6.42 Å². The molecule has 9 nitrogen and oxygen atoms in total. The van der Waals surface area contributed by atoms with Crippen molar-refractivity contribution in [1.29, 1.82) is 0 Å². The van der Waals surface area contributed by atoms with E-state index >= 15 is 0 Å². The molecule has 70 heavy (non-hydrogen) atoms. The third kappa shape index (κ3) is 39.9. The van der Waals surface area contributed by atoms with E-state index in [0.29, 0.717) is 6.42 Å². The van der Waals surface area contributed by atoms with Crippen LogP contribution in [0.1, 0.15) is 290 Å². The zero-order chi connectivity index (χ0) is 50.8. The van der Waals surface area contributed by atoms with Crippen LogP contribution in [0.3, 0.4) is 0 Å². The number of rotatable bonds is 52. The summed E-state index contributed by atoms with van der Waals surface area (Å²) in [7, 11) is 0. The summed E-state index contributed by atoms with van der Waals surface area (Å²) in [5.41, 5.74) is 0. The van der Waals surface area contributed by atoms with Gasteiger partial charge in [-0.2, -0.15) is 0 Å². The number of unbranched alkanes of at least 4 members (excludes halogenated alkanes) is 38. The Hall–Kier alpha value is -1.59. The van der Waals surface area contributed by atoms with Crippen LogP contribution in [0, 0.1) is 0 Å². The molecular formula is C61H115NO8. The molecule has 1 rings (SSSR count). The molecule has 6 N–H and O–H groups in total. The zero-order valence-electron chi connectivity index (χ0n) is 45.8. The van der Waals surface area contributed by atoms with Crippen LogP contribution < -0.4 is 5.32 Å². The fraction of sp³-hybridized carbons (Fsp3) is 0.885. The van der Waals surface area contributed by atoms with Crippen molar-refractivity contribution >= 4 is 5.91 Å². The number of aliphatic hydroxyl groups is 5. The summed E-state index contributed by atoms with van der Waals surface area (Å²) in [6, 6.07) is -0.804. The van der Waals surface area contributed by atoms with Gasteiger partial charge in [0.1, 0.15) is 24.4 Å². The number of allylic oxidation sites excluding steroid dienone is 5. The SMILES string of the molecule is CCCCCCC/C=C\C/C=C\CCCCCCCCCCCCCCCCCCCC(=O)NC(COC1OC(CO)C(O)C(O)C1O)C(O)/C=C/CCCCCCCCCCCCCCCCCC. The summed E-state index contributed by atoms with van der Waals surface area (Å²) in [4.78, 5) is 13.1. The lowest BCUT2D eigenvalue weighted by molar-refractivity contribution is -0.302. The van der Waals surface area contributed by atoms with Crippen molar-refractivity contribution in [2.75, 3.05) is 13.2 Å². The average Bonchev–Trinajstić information content (AvgIpc) is 3.36. The fourth-order valence-corrected chi connectivity index (χ4v) is 9.66. The molecule has 1 saturated heterocycles. The maximum absolute atomic E-state index is 13.1. The van der Waals surface area contributed by atoms with Crippen molar-refractivity contribution in [3.63, 3.8) is 0 Å². The normalized spacial score (nSPS) is 19.6. The number of carbonyl (C=O) groups excluding carboxylic acids is 1. The van der Waals surface area contributed by atoms with E-state index < -0.39 is 49.5 Å². The van der Waals surface area contributed by atoms with Crippen LogP contribution in [-0.4, -0.2) is 87.5 Å². The summed E-state index contributed by atoms with van der Waals surface area (Å²) in [5, 5.41) is 54.5. The third-order valence-electron chi connectivity index (χ3n) is 14.5. The molecule has 0 aliphatic carbocycles. The first kappa shape index (κ1) is 66.4. The van der Waals surface area contributed by atoms with Crippen LogP contribution in [0.4, 0.5) is 0 Å². The first-order chi connectivity index (χ1) is 34.3. The molecule has 1 fully saturated rings. The highest BCUT2D eigenvalue weighted by atomic mass is 16.7. The zero-order valence-corrected chi connectivity index (χ0v) is 45.8. The van der Waals surface area contributed by atoms with E-state index in [1.807, 2.05) is 6.08 Å². The van der Waals surface area contributed by atoms with Gasteiger partial charge in [-0.05, 0) is 51.4 Å². The molecule has 9 heteroatoms. The molecule has 0 aromatic heterocycles. The van der Waals surface area contributed by atoms with Gasteiger partial charge in [0.25, 0.3) is 0 Å². The van der Waals surface area contributed by atoms with E-state index in [1.165, 1.54) is 225 Å². The van der Waals surface area contributed by atoms with Crippen LogP contribution in [0.25, 0.3) is 0 Å². The van der Waals surface area contributed by atoms with Crippen LogP contribution >= 0.6 is 0 Å². The number of hydrogen-bond donors (Lipinski definition) is 6. The third-order valence-corrected chi connectivity index (χ3v) is 14.5. The van der Waals surface area contributed by atoms with Gasteiger partial charge < -0.3 is 40.3 Å². The molecule has 412 valence electrons. The Morgan fingerprint density at radius 1 is 0.486 bits per heavy atom. The lowest BCUT2D eigenvalue weighted by atomic mass is 9.99. The van der Waals surface area contributed by atoms with Gasteiger partial charge in [-0.15, -0.1) is 0 Å². The number of aliphatic hydroxyl groups excluding tert-OH is 5. The maximum atomic E-state index is 13.1. The highest BCUT2D eigenvalue weighted by Gasteiger charge is 2.44. The van der Waals surface area contributed by atoms with E-state index in [0.717, 1.165) is 44.9 Å². The van der Waals surface area contributed by atoms with Gasteiger partial charge in [0.2, 0.25) is 5.91 Å². The minimum Gasteiger partial charge on any atom is -0.394 e. The van der Waals surface area contributed by atoms with Gasteiger partial charge in [-0.3, -0.25) is 4.79 Å². The van der Waals surface area contributed by atoms with Crippen molar-refractivity contribution in [3.05, 3.63) is 36.5 Å². The van der Waals surface area contributed by atoms with Crippen LogP contribution in [0.15, 0.2) is 36.5 Å². The summed E-state index contributed by atoms with van der Waals surface area (Å²) >= 11 is 0. The van der Waals surface area contributed by atoms with Crippen LogP contribution in [0.2, 0.25) is 0 Å². The Labute approximate surface area is 431 Å². The molecule has 0 spiro atoms. The number of hydrogen-bond acceptors (Lipinski definition) is 8. The Balaban J connectivity index is 2.17. The largest absolute Gasteiger partial charge is 0.394 e. The molecule has 1 amide bonds. The van der Waals surface area contributed by atoms with E-state index in [1.54, 1.807) is 6.08 Å². The Bertz CT molecular complexity index is 1190. The molecule has 0 aromatic rings. The molecule has 7 unspecified atom stereocenters. The number of carbonyl (C=O) groups is 1. The highest BCUT2D eigenvalue weighted by molar-refractivity contribution is 5.76. The standard InChI is InChI=1S/C61H115NO8/c1-3-5-7-9-11-13-15-17-19-21-23-24-25-26-27-28-29-30-31-32-33-35-37-39-41-43-45-47-49-51-57(65)62-54(53-69-61-60(68)59(67)58(66)56(52-63)70-61)55(64)50-48-46-44-42-40-38-36-34-22-20-18-16-14-12-10-8-6-4-2/h15,17,21,23,48,50,54-56,58-61,63-64,66-68H,3-14,16,18-20,22,24-47,49,51-53H2,1-2H3,(H,62,65)/b17-15-,23-21-,50-48+. The molecule has 0 bridgehead atoms. The quantitative estimate of drug-likeness (QED) is 0.0261. The summed E-state index contributed by atoms with van der Waals surface area (Å²) in [6.07, 6.45) is 59.3. The molecule has 0 saturated carbocycles. The molecule has 0 radical (unpaired) electrons. The molecule has 0 aromatic carbocycles. The van der Waals surface area contributed by atoms with Gasteiger partial charge >= 0.3 is 0 Å². The Morgan fingerprint density at radius 2 is 0.843 bits per heavy atom. The minimum absolute atomic E-state index is 0.173. The second kappa shape index (κ2) is 50.9. The second-order valence-corrected chi connectivity index (χ2v) is 21.1. The molecule has 1 heterocycles. The summed E-state index contributed by atoms with van der Waals surface area (Å²) < 4.78 is 11.3. The fourth-order valence-electron chi connectivity index (χ4n) is 9.66. The summed E-state index contributed by atoms with van der Waals surface area (Å²) in [5.74, 6) is -0.173. The number of nitrogens with one attached hydrogen (secondary N) is 1. The Morgan fingerprint density at radius 3 is 1.23 bits per heavy atom. The molecular weight excluding hydrogens is 875 g/mol. The predicted octanol–water partition coefficient (Wildman–Crippen LogP) is 15.1. The second-order valence-electron chi connectivity index (χ2n) is 21.1. The minimum atomic E-state index is -1.57. The van der Waals surface area contributed by atoms with Gasteiger partial charge in [0.05, 0.1) is 25.4 Å². The monoisotopic (exact) mass is 990 g/mol. The Kier molecular flexibility index (Phi) is 48.3. The molecule has 1 aliphatic rings. The van der Waals surface area contributed by atoms with Crippen molar-refractivity contribution in [1.82, 2.24) is 5.32 Å². The van der Waals surface area contributed by atoms with E-state index in [9.17, 15) is 30.3 Å². The van der Waals surface area contributed by atoms with Gasteiger partial charge in [-0.25, -0.2) is 0 Å². The smallest absolute Gasteiger partial charge is 0.220 e. The van der Waals surface area contributed by atoms with E-state index in [2.05, 4.69) is 43.5 Å². The van der Waals surface area contributed by atoms with Crippen molar-refractivity contribution in [2.45, 2.75) is 333 Å². The first-order valence-electron chi connectivity index (χ1n) is 30.2. The average molecular weight is 991 g/mol. The topological polar surface area (TPSA) is 149 Å². The van der Waals surface area contributed by atoms with Gasteiger partial charge in [0.15, 0.2) is 6.29 Å². The highest BCUT2D eigenvalue weighted by Crippen LogP contribution is 2.23. The number of amides is 1. The maximum Gasteiger partial charge on any atom is 0.220 e. The predicted molar refractivity (Wildman–Crippen MR) is 295 cm³/mol. The van der Waals surface area contributed by atoms with Crippen molar-refractivity contribution < 1.29 is 39.8 Å². The lowest BCUT2D eigenvalue weighted by Crippen LogP contribution is -2.60. The molecule has 1 aliphatic heterocycles. The first-order valence-corrected chi connectivity index (χ1v) is 30.2. The number of ether oxygens (including phenoxy) is 2. The van der Waals surface area contributed by atoms with E-state index in [-0.39, 0.29) is 12.5 Å². The van der Waals surface area contributed by atoms with Crippen molar-refractivity contribution in [2.24, 2.45) is 0 Å². The summed E-state index contributed by atoms with van der Waals surface area (Å²) in [6.45, 7) is 3.80. The van der Waals surface area contributed by atoms with Crippen molar-refractivity contribution in [3.8, 4) is 0 Å². The van der Waals surface area contributed by atoms with Gasteiger partial charge in [-0.1, -0.05) is 269 Å². The molecule has 7 atom stereocenters. The van der Waals surface area contributed by atoms with Crippen LogP contribution in [0.5, 0.6) is 0 Å². The van der Waals surface area contributed by atoms with Crippen LogP contribution in [-0.2, 0) is 14.3 Å². The van der Waals surface area contributed by atoms with E-state index in [4.69, 9.17) is 9.47 Å². The lowest BCUT2D eigenvalue weighted by Gasteiger charge is -2.40.